The van der Waals surface area contributed by atoms with Gasteiger partial charge in [0.05, 0.1) is 19.3 Å². The van der Waals surface area contributed by atoms with E-state index in [4.69, 9.17) is 14.2 Å². The number of carbonyl (C=O) groups is 2. The van der Waals surface area contributed by atoms with Gasteiger partial charge in [-0.05, 0) is 55.9 Å². The summed E-state index contributed by atoms with van der Waals surface area (Å²) in [5.41, 5.74) is 1.29. The highest BCUT2D eigenvalue weighted by molar-refractivity contribution is 5.82. The number of nitrogens with one attached hydrogen (secondary N) is 1. The molecule has 8 heteroatoms. The topological polar surface area (TPSA) is 97.3 Å². The number of amides is 2. The zero-order chi connectivity index (χ0) is 26.4. The van der Waals surface area contributed by atoms with Crippen molar-refractivity contribution in [2.45, 2.75) is 64.3 Å². The van der Waals surface area contributed by atoms with Gasteiger partial charge in [0.2, 0.25) is 5.91 Å². The Morgan fingerprint density at radius 1 is 1.14 bits per heavy atom. The standard InChI is InChI=1S/C29H38N2O6/c1-20(32)29(2)19-31(27(33)16-30-28(34)36-18-21-9-5-4-6-10-21)17-24(29)22-13-14-25(35-3)26(15-22)37-23-11-7-8-12-23/h4-6,9-10,13-15,20,23-24,32H,7-8,11-12,16-19H2,1-3H3,(H,30,34). The van der Waals surface area contributed by atoms with Crippen LogP contribution in [0.1, 0.15) is 56.6 Å². The normalized spacial score (nSPS) is 22.5. The van der Waals surface area contributed by atoms with Crippen molar-refractivity contribution in [3.05, 3.63) is 59.7 Å². The highest BCUT2D eigenvalue weighted by atomic mass is 16.5. The van der Waals surface area contributed by atoms with Crippen molar-refractivity contribution in [2.24, 2.45) is 5.41 Å². The molecular weight excluding hydrogens is 472 g/mol. The summed E-state index contributed by atoms with van der Waals surface area (Å²) < 4.78 is 17.0. The van der Waals surface area contributed by atoms with E-state index in [1.54, 1.807) is 18.9 Å². The maximum atomic E-state index is 13.0. The van der Waals surface area contributed by atoms with Crippen molar-refractivity contribution < 1.29 is 28.9 Å². The van der Waals surface area contributed by atoms with Gasteiger partial charge in [0.25, 0.3) is 0 Å². The van der Waals surface area contributed by atoms with E-state index in [2.05, 4.69) is 5.32 Å². The van der Waals surface area contributed by atoms with Crippen LogP contribution in [0.15, 0.2) is 48.5 Å². The molecule has 0 bridgehead atoms. The van der Waals surface area contributed by atoms with E-state index in [1.807, 2.05) is 55.5 Å². The van der Waals surface area contributed by atoms with Gasteiger partial charge >= 0.3 is 6.09 Å². The van der Waals surface area contributed by atoms with Crippen LogP contribution in [-0.4, -0.2) is 61.0 Å². The summed E-state index contributed by atoms with van der Waals surface area (Å²) in [4.78, 5) is 26.9. The summed E-state index contributed by atoms with van der Waals surface area (Å²) in [6.45, 7) is 4.53. The molecule has 2 aliphatic rings. The second-order valence-corrected chi connectivity index (χ2v) is 10.4. The molecule has 1 saturated heterocycles. The van der Waals surface area contributed by atoms with Crippen LogP contribution < -0.4 is 14.8 Å². The third kappa shape index (κ3) is 6.36. The summed E-state index contributed by atoms with van der Waals surface area (Å²) in [5.74, 6) is 1.05. The van der Waals surface area contributed by atoms with E-state index in [-0.39, 0.29) is 31.1 Å². The summed E-state index contributed by atoms with van der Waals surface area (Å²) in [5, 5.41) is 13.3. The van der Waals surface area contributed by atoms with Gasteiger partial charge < -0.3 is 29.5 Å². The molecule has 1 aliphatic carbocycles. The maximum Gasteiger partial charge on any atom is 0.407 e. The second kappa shape index (κ2) is 11.9. The fourth-order valence-corrected chi connectivity index (χ4v) is 5.34. The molecule has 1 saturated carbocycles. The summed E-state index contributed by atoms with van der Waals surface area (Å²) in [7, 11) is 1.63. The SMILES string of the molecule is COc1ccc(C2CN(C(=O)CNC(=O)OCc3ccccc3)CC2(C)C(C)O)cc1OC1CCCC1. The number of aliphatic hydroxyl groups excluding tert-OH is 1. The molecule has 3 atom stereocenters. The van der Waals surface area contributed by atoms with Gasteiger partial charge in [0, 0.05) is 24.4 Å². The van der Waals surface area contributed by atoms with Gasteiger partial charge in [-0.25, -0.2) is 4.79 Å². The molecular formula is C29H38N2O6. The largest absolute Gasteiger partial charge is 0.493 e. The fourth-order valence-electron chi connectivity index (χ4n) is 5.34. The van der Waals surface area contributed by atoms with Crippen molar-refractivity contribution in [3.63, 3.8) is 0 Å². The van der Waals surface area contributed by atoms with E-state index in [0.717, 1.165) is 24.0 Å². The Balaban J connectivity index is 1.41. The summed E-state index contributed by atoms with van der Waals surface area (Å²) >= 11 is 0. The molecule has 2 aromatic rings. The predicted molar refractivity (Wildman–Crippen MR) is 140 cm³/mol. The van der Waals surface area contributed by atoms with Crippen molar-refractivity contribution in [2.75, 3.05) is 26.7 Å². The van der Waals surface area contributed by atoms with E-state index >= 15 is 0 Å². The summed E-state index contributed by atoms with van der Waals surface area (Å²) in [6, 6.07) is 15.2. The lowest BCUT2D eigenvalue weighted by molar-refractivity contribution is -0.129. The number of rotatable bonds is 9. The molecule has 2 amide bonds. The Kier molecular flexibility index (Phi) is 8.59. The minimum absolute atomic E-state index is 0.113. The number of carbonyl (C=O) groups excluding carboxylic acids is 2. The van der Waals surface area contributed by atoms with Crippen LogP contribution in [-0.2, 0) is 16.1 Å². The van der Waals surface area contributed by atoms with Crippen LogP contribution in [0.2, 0.25) is 0 Å². The molecule has 4 rings (SSSR count). The zero-order valence-electron chi connectivity index (χ0n) is 21.9. The van der Waals surface area contributed by atoms with Crippen molar-refractivity contribution in [1.29, 1.82) is 0 Å². The van der Waals surface area contributed by atoms with Crippen molar-refractivity contribution >= 4 is 12.0 Å². The molecule has 1 heterocycles. The quantitative estimate of drug-likeness (QED) is 0.523. The Hall–Kier alpha value is -3.26. The van der Waals surface area contributed by atoms with E-state index in [0.29, 0.717) is 24.6 Å². The van der Waals surface area contributed by atoms with Crippen LogP contribution in [0.5, 0.6) is 11.5 Å². The molecule has 2 N–H and O–H groups in total. The molecule has 37 heavy (non-hydrogen) atoms. The number of likely N-dealkylation sites (tertiary alicyclic amines) is 1. The Bertz CT molecular complexity index is 1070. The number of methoxy groups -OCH3 is 1. The van der Waals surface area contributed by atoms with Gasteiger partial charge in [0.15, 0.2) is 11.5 Å². The number of alkyl carbamates (subject to hydrolysis) is 1. The monoisotopic (exact) mass is 510 g/mol. The van der Waals surface area contributed by atoms with Gasteiger partial charge in [-0.1, -0.05) is 43.3 Å². The Morgan fingerprint density at radius 2 is 1.86 bits per heavy atom. The number of nitrogens with zero attached hydrogens (tertiary/aromatic N) is 1. The number of benzene rings is 2. The number of hydrogen-bond acceptors (Lipinski definition) is 6. The number of aliphatic hydroxyl groups is 1. The van der Waals surface area contributed by atoms with Gasteiger partial charge in [-0.3, -0.25) is 4.79 Å². The molecule has 2 aromatic carbocycles. The maximum absolute atomic E-state index is 13.0. The highest BCUT2D eigenvalue weighted by Crippen LogP contribution is 2.47. The second-order valence-electron chi connectivity index (χ2n) is 10.4. The average molecular weight is 511 g/mol. The van der Waals surface area contributed by atoms with Crippen LogP contribution >= 0.6 is 0 Å². The predicted octanol–water partition coefficient (Wildman–Crippen LogP) is 4.26. The van der Waals surface area contributed by atoms with Crippen LogP contribution in [0, 0.1) is 5.41 Å². The molecule has 0 aromatic heterocycles. The first-order valence-electron chi connectivity index (χ1n) is 13.0. The first-order chi connectivity index (χ1) is 17.8. The smallest absolute Gasteiger partial charge is 0.407 e. The molecule has 1 aliphatic heterocycles. The molecule has 0 spiro atoms. The molecule has 0 radical (unpaired) electrons. The zero-order valence-corrected chi connectivity index (χ0v) is 21.9. The average Bonchev–Trinajstić information content (AvgIpc) is 3.55. The summed E-state index contributed by atoms with van der Waals surface area (Å²) in [6.07, 6.45) is 3.29. The number of hydrogen-bond donors (Lipinski definition) is 2. The molecule has 2 fully saturated rings. The van der Waals surface area contributed by atoms with Crippen LogP contribution in [0.25, 0.3) is 0 Å². The van der Waals surface area contributed by atoms with Gasteiger partial charge in [-0.2, -0.15) is 0 Å². The molecule has 8 nitrogen and oxygen atoms in total. The molecule has 3 unspecified atom stereocenters. The van der Waals surface area contributed by atoms with Crippen molar-refractivity contribution in [3.8, 4) is 11.5 Å². The Morgan fingerprint density at radius 3 is 2.54 bits per heavy atom. The first kappa shape index (κ1) is 26.8. The van der Waals surface area contributed by atoms with E-state index in [9.17, 15) is 14.7 Å². The van der Waals surface area contributed by atoms with Gasteiger partial charge in [-0.15, -0.1) is 0 Å². The lowest BCUT2D eigenvalue weighted by Crippen LogP contribution is -2.41. The third-order valence-electron chi connectivity index (χ3n) is 7.82. The lowest BCUT2D eigenvalue weighted by atomic mass is 9.72. The minimum atomic E-state index is -0.652. The van der Waals surface area contributed by atoms with Gasteiger partial charge in [0.1, 0.15) is 13.2 Å². The first-order valence-corrected chi connectivity index (χ1v) is 13.0. The molecule has 200 valence electrons. The number of ether oxygens (including phenoxy) is 3. The Labute approximate surface area is 218 Å². The van der Waals surface area contributed by atoms with Crippen LogP contribution in [0.3, 0.4) is 0 Å². The van der Waals surface area contributed by atoms with E-state index < -0.39 is 17.6 Å². The van der Waals surface area contributed by atoms with Crippen LogP contribution in [0.4, 0.5) is 4.79 Å². The highest BCUT2D eigenvalue weighted by Gasteiger charge is 2.48. The minimum Gasteiger partial charge on any atom is -0.493 e. The third-order valence-corrected chi connectivity index (χ3v) is 7.82. The van der Waals surface area contributed by atoms with E-state index in [1.165, 1.54) is 12.8 Å². The van der Waals surface area contributed by atoms with Crippen molar-refractivity contribution in [1.82, 2.24) is 10.2 Å². The lowest BCUT2D eigenvalue weighted by Gasteiger charge is -2.34. The fraction of sp³-hybridized carbons (Fsp3) is 0.517.